The second kappa shape index (κ2) is 7.02. The Morgan fingerprint density at radius 3 is 2.48 bits per heavy atom. The largest absolute Gasteiger partial charge is 0.501 e. The maximum atomic E-state index is 12.7. The van der Waals surface area contributed by atoms with Crippen molar-refractivity contribution in [1.29, 1.82) is 0 Å². The number of hydrogen-bond acceptors (Lipinski definition) is 6. The van der Waals surface area contributed by atoms with E-state index in [0.717, 1.165) is 23.1 Å². The number of nitrogens with zero attached hydrogens (tertiary/aromatic N) is 1. The standard InChI is InChI=1S/C16H18F3NO6S/c1-15(2,3)26-14(22)20-11(9-25-13(20)21)7-10-5-4-6-12(8-10)27(23,24)16(17,18)19/h4-6,8,11H,7,9H2,1-3H3. The van der Waals surface area contributed by atoms with E-state index in [0.29, 0.717) is 0 Å². The maximum absolute atomic E-state index is 12.7. The molecule has 0 radical (unpaired) electrons. The average molecular weight is 409 g/mol. The molecule has 0 aliphatic carbocycles. The normalized spacial score (nSPS) is 18.4. The number of hydrogen-bond donors (Lipinski definition) is 0. The number of alkyl halides is 3. The van der Waals surface area contributed by atoms with Gasteiger partial charge in [0, 0.05) is 0 Å². The van der Waals surface area contributed by atoms with Crippen molar-refractivity contribution in [3.63, 3.8) is 0 Å². The highest BCUT2D eigenvalue weighted by molar-refractivity contribution is 7.92. The fraction of sp³-hybridized carbons (Fsp3) is 0.500. The minimum Gasteiger partial charge on any atom is -0.447 e. The van der Waals surface area contributed by atoms with E-state index in [1.54, 1.807) is 20.8 Å². The molecular formula is C16H18F3NO6S. The lowest BCUT2D eigenvalue weighted by Crippen LogP contribution is -2.43. The van der Waals surface area contributed by atoms with Crippen LogP contribution in [0.15, 0.2) is 29.2 Å². The lowest BCUT2D eigenvalue weighted by molar-refractivity contribution is -0.0436. The SMILES string of the molecule is CC(C)(C)OC(=O)N1C(=O)OCC1Cc1cccc(S(=O)(=O)C(F)(F)F)c1. The Morgan fingerprint density at radius 2 is 1.93 bits per heavy atom. The summed E-state index contributed by atoms with van der Waals surface area (Å²) < 4.78 is 71.2. The predicted octanol–water partition coefficient (Wildman–Crippen LogP) is 3.28. The molecule has 150 valence electrons. The van der Waals surface area contributed by atoms with Gasteiger partial charge in [-0.15, -0.1) is 0 Å². The number of ether oxygens (including phenoxy) is 2. The monoisotopic (exact) mass is 409 g/mol. The van der Waals surface area contributed by atoms with Crippen LogP contribution in [0.1, 0.15) is 26.3 Å². The van der Waals surface area contributed by atoms with Crippen LogP contribution >= 0.6 is 0 Å². The molecule has 1 aliphatic rings. The fourth-order valence-electron chi connectivity index (χ4n) is 2.39. The van der Waals surface area contributed by atoms with Crippen molar-refractivity contribution in [2.24, 2.45) is 0 Å². The van der Waals surface area contributed by atoms with E-state index in [-0.39, 0.29) is 18.6 Å². The summed E-state index contributed by atoms with van der Waals surface area (Å²) in [5.41, 5.74) is -6.11. The Hall–Kier alpha value is -2.30. The van der Waals surface area contributed by atoms with E-state index in [4.69, 9.17) is 9.47 Å². The number of halogens is 3. The molecule has 2 rings (SSSR count). The highest BCUT2D eigenvalue weighted by Crippen LogP contribution is 2.31. The van der Waals surface area contributed by atoms with Crippen LogP contribution in [0.4, 0.5) is 22.8 Å². The molecule has 0 spiro atoms. The lowest BCUT2D eigenvalue weighted by atomic mass is 10.1. The first-order valence-electron chi connectivity index (χ1n) is 7.81. The molecule has 0 N–H and O–H groups in total. The van der Waals surface area contributed by atoms with Crippen LogP contribution in [0.25, 0.3) is 0 Å². The van der Waals surface area contributed by atoms with Crippen molar-refractivity contribution < 1.29 is 40.7 Å². The third-order valence-electron chi connectivity index (χ3n) is 3.54. The van der Waals surface area contributed by atoms with Gasteiger partial charge in [0.25, 0.3) is 9.84 Å². The van der Waals surface area contributed by atoms with Gasteiger partial charge in [-0.3, -0.25) is 0 Å². The van der Waals surface area contributed by atoms with Gasteiger partial charge in [0.15, 0.2) is 0 Å². The van der Waals surface area contributed by atoms with Crippen molar-refractivity contribution in [3.05, 3.63) is 29.8 Å². The van der Waals surface area contributed by atoms with E-state index >= 15 is 0 Å². The number of rotatable bonds is 3. The van der Waals surface area contributed by atoms with E-state index in [1.165, 1.54) is 6.07 Å². The predicted molar refractivity (Wildman–Crippen MR) is 86.6 cm³/mol. The molecule has 2 amide bonds. The summed E-state index contributed by atoms with van der Waals surface area (Å²) in [4.78, 5) is 23.8. The van der Waals surface area contributed by atoms with Crippen LogP contribution in [0.5, 0.6) is 0 Å². The highest BCUT2D eigenvalue weighted by Gasteiger charge is 2.47. The number of imide groups is 1. The molecule has 0 aromatic heterocycles. The van der Waals surface area contributed by atoms with Gasteiger partial charge in [0.2, 0.25) is 0 Å². The van der Waals surface area contributed by atoms with E-state index in [2.05, 4.69) is 0 Å². The molecule has 1 aromatic carbocycles. The molecule has 1 heterocycles. The third kappa shape index (κ3) is 4.71. The van der Waals surface area contributed by atoms with Crippen molar-refractivity contribution >= 4 is 22.0 Å². The van der Waals surface area contributed by atoms with Gasteiger partial charge in [-0.1, -0.05) is 12.1 Å². The molecular weight excluding hydrogens is 391 g/mol. The Morgan fingerprint density at radius 1 is 1.30 bits per heavy atom. The zero-order valence-electron chi connectivity index (χ0n) is 14.7. The fourth-order valence-corrected chi connectivity index (χ4v) is 3.22. The van der Waals surface area contributed by atoms with E-state index < -0.39 is 44.1 Å². The molecule has 1 aromatic rings. The molecule has 7 nitrogen and oxygen atoms in total. The number of carbonyl (C=O) groups excluding carboxylic acids is 2. The minimum atomic E-state index is -5.50. The van der Waals surface area contributed by atoms with Crippen LogP contribution in [-0.2, 0) is 25.7 Å². The summed E-state index contributed by atoms with van der Waals surface area (Å²) >= 11 is 0. The van der Waals surface area contributed by atoms with Crippen molar-refractivity contribution in [2.75, 3.05) is 6.61 Å². The average Bonchev–Trinajstić information content (AvgIpc) is 2.85. The number of carbonyl (C=O) groups is 2. The summed E-state index contributed by atoms with van der Waals surface area (Å²) in [6, 6.07) is 3.40. The molecule has 1 saturated heterocycles. The van der Waals surface area contributed by atoms with Crippen LogP contribution in [0.3, 0.4) is 0 Å². The van der Waals surface area contributed by atoms with Gasteiger partial charge in [-0.25, -0.2) is 22.9 Å². The highest BCUT2D eigenvalue weighted by atomic mass is 32.2. The summed E-state index contributed by atoms with van der Waals surface area (Å²) in [6.45, 7) is 4.63. The van der Waals surface area contributed by atoms with Crippen molar-refractivity contribution in [1.82, 2.24) is 4.90 Å². The first kappa shape index (κ1) is 21.0. The number of cyclic esters (lactones) is 1. The summed E-state index contributed by atoms with van der Waals surface area (Å²) in [5.74, 6) is 0. The molecule has 1 atom stereocenters. The minimum absolute atomic E-state index is 0.0911. The Kier molecular flexibility index (Phi) is 5.46. The second-order valence-electron chi connectivity index (χ2n) is 6.88. The van der Waals surface area contributed by atoms with Gasteiger partial charge in [-0.05, 0) is 44.9 Å². The zero-order chi connectivity index (χ0) is 20.6. The van der Waals surface area contributed by atoms with Gasteiger partial charge in [0.1, 0.15) is 12.2 Å². The molecule has 27 heavy (non-hydrogen) atoms. The summed E-state index contributed by atoms with van der Waals surface area (Å²) in [6.07, 6.45) is -1.98. The van der Waals surface area contributed by atoms with Crippen LogP contribution < -0.4 is 0 Å². The van der Waals surface area contributed by atoms with Gasteiger partial charge in [0.05, 0.1) is 10.9 Å². The Labute approximate surface area is 154 Å². The van der Waals surface area contributed by atoms with Crippen molar-refractivity contribution in [3.8, 4) is 0 Å². The maximum Gasteiger partial charge on any atom is 0.501 e. The number of benzene rings is 1. The van der Waals surface area contributed by atoms with Gasteiger partial charge in [-0.2, -0.15) is 13.2 Å². The Balaban J connectivity index is 2.25. The first-order chi connectivity index (χ1) is 12.2. The van der Waals surface area contributed by atoms with Crippen molar-refractivity contribution in [2.45, 2.75) is 49.2 Å². The van der Waals surface area contributed by atoms with Gasteiger partial charge >= 0.3 is 17.7 Å². The topological polar surface area (TPSA) is 90.0 Å². The summed E-state index contributed by atoms with van der Waals surface area (Å²) in [5, 5.41) is 0. The number of amides is 2. The number of sulfone groups is 1. The quantitative estimate of drug-likeness (QED) is 0.761. The van der Waals surface area contributed by atoms with E-state index in [9.17, 15) is 31.2 Å². The van der Waals surface area contributed by atoms with Crippen LogP contribution in [0, 0.1) is 0 Å². The molecule has 0 saturated carbocycles. The van der Waals surface area contributed by atoms with Gasteiger partial charge < -0.3 is 9.47 Å². The third-order valence-corrected chi connectivity index (χ3v) is 5.02. The molecule has 1 aliphatic heterocycles. The van der Waals surface area contributed by atoms with Crippen LogP contribution in [0.2, 0.25) is 0 Å². The van der Waals surface area contributed by atoms with E-state index in [1.807, 2.05) is 0 Å². The molecule has 1 fully saturated rings. The second-order valence-corrected chi connectivity index (χ2v) is 8.82. The lowest BCUT2D eigenvalue weighted by Gasteiger charge is -2.25. The first-order valence-corrected chi connectivity index (χ1v) is 9.30. The Bertz CT molecular complexity index is 844. The summed E-state index contributed by atoms with van der Waals surface area (Å²) in [7, 11) is -5.50. The van der Waals surface area contributed by atoms with Crippen LogP contribution in [-0.4, -0.2) is 49.3 Å². The molecule has 11 heteroatoms. The smallest absolute Gasteiger partial charge is 0.447 e. The zero-order valence-corrected chi connectivity index (χ0v) is 15.6. The molecule has 1 unspecified atom stereocenters. The molecule has 0 bridgehead atoms.